The lowest BCUT2D eigenvalue weighted by atomic mass is 9.87. The minimum absolute atomic E-state index is 0.453. The van der Waals surface area contributed by atoms with E-state index in [1.54, 1.807) is 5.92 Å². The van der Waals surface area contributed by atoms with E-state index < -0.39 is 0 Å². The summed E-state index contributed by atoms with van der Waals surface area (Å²) in [6, 6.07) is 0. The molecule has 0 saturated carbocycles. The Morgan fingerprint density at radius 1 is 1.31 bits per heavy atom. The first-order valence-electron chi connectivity index (χ1n) is 5.37. The van der Waals surface area contributed by atoms with Gasteiger partial charge in [-0.25, -0.2) is 0 Å². The van der Waals surface area contributed by atoms with E-state index in [0.717, 1.165) is 32.7 Å². The average Bonchev–Trinajstić information content (AvgIpc) is 2.19. The van der Waals surface area contributed by atoms with Gasteiger partial charge in [-0.05, 0) is 31.6 Å². The van der Waals surface area contributed by atoms with Crippen molar-refractivity contribution < 1.29 is 9.47 Å². The van der Waals surface area contributed by atoms with Crippen LogP contribution in [0.5, 0.6) is 0 Å². The smallest absolute Gasteiger partial charge is 0.0630 e. The van der Waals surface area contributed by atoms with E-state index in [1.165, 1.54) is 12.8 Å². The maximum Gasteiger partial charge on any atom is 0.0630 e. The van der Waals surface area contributed by atoms with E-state index in [0.29, 0.717) is 12.0 Å². The summed E-state index contributed by atoms with van der Waals surface area (Å²) < 4.78 is 11.3. The number of ether oxygens (including phenoxy) is 2. The molecule has 0 aromatic carbocycles. The second-order valence-electron chi connectivity index (χ2n) is 4.30. The van der Waals surface area contributed by atoms with Gasteiger partial charge in [0.1, 0.15) is 0 Å². The lowest BCUT2D eigenvalue weighted by Gasteiger charge is -2.35. The Hall–Kier alpha value is -0.0800. The van der Waals surface area contributed by atoms with Gasteiger partial charge in [0.25, 0.3) is 0 Å². The third-order valence-corrected chi connectivity index (χ3v) is 3.13. The topological polar surface area (TPSA) is 18.5 Å². The molecule has 2 aliphatic heterocycles. The van der Waals surface area contributed by atoms with Gasteiger partial charge in [-0.1, -0.05) is 6.92 Å². The van der Waals surface area contributed by atoms with Gasteiger partial charge in [0.2, 0.25) is 0 Å². The molecule has 1 radical (unpaired) electrons. The zero-order valence-electron chi connectivity index (χ0n) is 8.42. The third kappa shape index (κ3) is 2.44. The lowest BCUT2D eigenvalue weighted by molar-refractivity contribution is -0.0612. The molecule has 2 saturated heterocycles. The SMILES string of the molecule is C[C]1CCOC(C2CCCOC2)C1. The van der Waals surface area contributed by atoms with Crippen LogP contribution in [0.25, 0.3) is 0 Å². The van der Waals surface area contributed by atoms with E-state index in [2.05, 4.69) is 6.92 Å². The van der Waals surface area contributed by atoms with Gasteiger partial charge in [0, 0.05) is 19.1 Å². The van der Waals surface area contributed by atoms with Crippen LogP contribution in [-0.4, -0.2) is 25.9 Å². The normalized spacial score (nSPS) is 37.6. The van der Waals surface area contributed by atoms with Gasteiger partial charge >= 0.3 is 0 Å². The fraction of sp³-hybridized carbons (Fsp3) is 0.909. The van der Waals surface area contributed by atoms with Gasteiger partial charge in [-0.2, -0.15) is 0 Å². The van der Waals surface area contributed by atoms with Crippen LogP contribution in [-0.2, 0) is 9.47 Å². The van der Waals surface area contributed by atoms with Crippen LogP contribution in [0.2, 0.25) is 0 Å². The van der Waals surface area contributed by atoms with Crippen molar-refractivity contribution in [1.82, 2.24) is 0 Å². The van der Waals surface area contributed by atoms with Crippen LogP contribution in [0.1, 0.15) is 32.6 Å². The highest BCUT2D eigenvalue weighted by atomic mass is 16.5. The Balaban J connectivity index is 1.83. The molecule has 75 valence electrons. The highest BCUT2D eigenvalue weighted by Gasteiger charge is 2.29. The van der Waals surface area contributed by atoms with Gasteiger partial charge < -0.3 is 9.47 Å². The Morgan fingerprint density at radius 3 is 2.92 bits per heavy atom. The Bertz CT molecular complexity index is 152. The summed E-state index contributed by atoms with van der Waals surface area (Å²) in [6.45, 7) is 5.04. The fourth-order valence-corrected chi connectivity index (χ4v) is 2.25. The standard InChI is InChI=1S/C11H19O2/c1-9-4-6-13-11(7-9)10-3-2-5-12-8-10/h10-11H,2-8H2,1H3. The summed E-state index contributed by atoms with van der Waals surface area (Å²) in [5.41, 5.74) is 0. The van der Waals surface area contributed by atoms with Crippen molar-refractivity contribution in [3.63, 3.8) is 0 Å². The first-order valence-corrected chi connectivity index (χ1v) is 5.37. The quantitative estimate of drug-likeness (QED) is 0.620. The molecule has 0 amide bonds. The predicted molar refractivity (Wildman–Crippen MR) is 51.4 cm³/mol. The van der Waals surface area contributed by atoms with Crippen LogP contribution in [0, 0.1) is 11.8 Å². The molecule has 2 aliphatic rings. The molecular weight excluding hydrogens is 164 g/mol. The molecule has 2 rings (SSSR count). The van der Waals surface area contributed by atoms with Crippen molar-refractivity contribution in [2.24, 2.45) is 5.92 Å². The summed E-state index contributed by atoms with van der Waals surface area (Å²) in [5.74, 6) is 2.26. The summed E-state index contributed by atoms with van der Waals surface area (Å²) in [6.07, 6.45) is 5.27. The second-order valence-corrected chi connectivity index (χ2v) is 4.30. The summed E-state index contributed by atoms with van der Waals surface area (Å²) >= 11 is 0. The van der Waals surface area contributed by atoms with Crippen molar-refractivity contribution in [3.05, 3.63) is 5.92 Å². The van der Waals surface area contributed by atoms with Crippen molar-refractivity contribution in [2.45, 2.75) is 38.7 Å². The van der Waals surface area contributed by atoms with E-state index in [-0.39, 0.29) is 0 Å². The molecule has 0 bridgehead atoms. The fourth-order valence-electron chi connectivity index (χ4n) is 2.25. The van der Waals surface area contributed by atoms with Crippen LogP contribution < -0.4 is 0 Å². The molecule has 2 nitrogen and oxygen atoms in total. The van der Waals surface area contributed by atoms with Gasteiger partial charge in [-0.15, -0.1) is 0 Å². The Kier molecular flexibility index (Phi) is 3.23. The molecule has 2 heteroatoms. The monoisotopic (exact) mass is 183 g/mol. The molecule has 0 aromatic heterocycles. The molecule has 13 heavy (non-hydrogen) atoms. The Morgan fingerprint density at radius 2 is 2.23 bits per heavy atom. The second kappa shape index (κ2) is 4.43. The van der Waals surface area contributed by atoms with Crippen molar-refractivity contribution in [2.75, 3.05) is 19.8 Å². The molecular formula is C11H19O2. The zero-order valence-corrected chi connectivity index (χ0v) is 8.42. The number of rotatable bonds is 1. The summed E-state index contributed by atoms with van der Waals surface area (Å²) in [4.78, 5) is 0. The van der Waals surface area contributed by atoms with E-state index >= 15 is 0 Å². The van der Waals surface area contributed by atoms with Gasteiger partial charge in [0.05, 0.1) is 12.7 Å². The van der Waals surface area contributed by atoms with Crippen LogP contribution in [0.4, 0.5) is 0 Å². The maximum absolute atomic E-state index is 5.79. The van der Waals surface area contributed by atoms with Crippen LogP contribution in [0.3, 0.4) is 0 Å². The third-order valence-electron chi connectivity index (χ3n) is 3.13. The number of hydrogen-bond donors (Lipinski definition) is 0. The highest BCUT2D eigenvalue weighted by Crippen LogP contribution is 2.29. The Labute approximate surface area is 80.6 Å². The maximum atomic E-state index is 5.79. The largest absolute Gasteiger partial charge is 0.381 e. The molecule has 0 spiro atoms. The van der Waals surface area contributed by atoms with E-state index in [1.807, 2.05) is 0 Å². The molecule has 2 unspecified atom stereocenters. The van der Waals surface area contributed by atoms with Gasteiger partial charge in [0.15, 0.2) is 0 Å². The predicted octanol–water partition coefficient (Wildman–Crippen LogP) is 2.19. The summed E-state index contributed by atoms with van der Waals surface area (Å²) in [7, 11) is 0. The first kappa shape index (κ1) is 9.47. The van der Waals surface area contributed by atoms with Crippen molar-refractivity contribution in [3.8, 4) is 0 Å². The van der Waals surface area contributed by atoms with Gasteiger partial charge in [-0.3, -0.25) is 0 Å². The summed E-state index contributed by atoms with van der Waals surface area (Å²) in [5, 5.41) is 0. The molecule has 0 N–H and O–H groups in total. The highest BCUT2D eigenvalue weighted by molar-refractivity contribution is 4.93. The average molecular weight is 183 g/mol. The molecule has 2 atom stereocenters. The van der Waals surface area contributed by atoms with E-state index in [4.69, 9.17) is 9.47 Å². The number of hydrogen-bond acceptors (Lipinski definition) is 2. The van der Waals surface area contributed by atoms with Crippen LogP contribution in [0.15, 0.2) is 0 Å². The molecule has 2 fully saturated rings. The minimum atomic E-state index is 0.453. The zero-order chi connectivity index (χ0) is 9.10. The van der Waals surface area contributed by atoms with E-state index in [9.17, 15) is 0 Å². The minimum Gasteiger partial charge on any atom is -0.381 e. The molecule has 2 heterocycles. The van der Waals surface area contributed by atoms with Crippen molar-refractivity contribution in [1.29, 1.82) is 0 Å². The lowest BCUT2D eigenvalue weighted by Crippen LogP contribution is -2.35. The molecule has 0 aliphatic carbocycles. The first-order chi connectivity index (χ1) is 6.36. The molecule has 0 aromatic rings. The van der Waals surface area contributed by atoms with Crippen molar-refractivity contribution >= 4 is 0 Å². The van der Waals surface area contributed by atoms with Crippen LogP contribution >= 0.6 is 0 Å².